The molecule has 0 aliphatic carbocycles. The summed E-state index contributed by atoms with van der Waals surface area (Å²) in [6.07, 6.45) is 4.91. The largest absolute Gasteiger partial charge is 0.478 e. The number of carbonyl (C=O) groups is 1. The number of aryl methyl sites for hydroxylation is 2. The molecule has 0 bridgehead atoms. The topological polar surface area (TPSA) is 80.9 Å². The first kappa shape index (κ1) is 12.3. The molecule has 1 N–H and O–H groups in total. The molecule has 0 amide bonds. The van der Waals surface area contributed by atoms with Crippen molar-refractivity contribution >= 4 is 17.0 Å². The van der Waals surface area contributed by atoms with Crippen LogP contribution in [0.4, 0.5) is 0 Å². The fourth-order valence-electron chi connectivity index (χ4n) is 2.24. The van der Waals surface area contributed by atoms with Crippen LogP contribution in [0.25, 0.3) is 22.4 Å². The van der Waals surface area contributed by atoms with E-state index < -0.39 is 5.97 Å². The molecule has 0 unspecified atom stereocenters. The normalized spacial score (nSPS) is 10.9. The number of aromatic nitrogens is 4. The maximum atomic E-state index is 11.3. The van der Waals surface area contributed by atoms with Crippen molar-refractivity contribution < 1.29 is 9.90 Å². The van der Waals surface area contributed by atoms with E-state index in [1.807, 2.05) is 12.1 Å². The van der Waals surface area contributed by atoms with Crippen LogP contribution in [0.1, 0.15) is 16.1 Å². The molecule has 0 spiro atoms. The first-order valence-corrected chi connectivity index (χ1v) is 6.05. The highest BCUT2D eigenvalue weighted by Gasteiger charge is 2.18. The molecule has 3 aromatic rings. The molecule has 0 fully saturated rings. The number of aromatic carboxylic acids is 1. The summed E-state index contributed by atoms with van der Waals surface area (Å²) >= 11 is 0. The minimum absolute atomic E-state index is 0.223. The Kier molecular flexibility index (Phi) is 2.71. The number of hydrogen-bond donors (Lipinski definition) is 1. The number of carboxylic acid groups (broad SMARTS) is 1. The third-order valence-electron chi connectivity index (χ3n) is 3.17. The van der Waals surface area contributed by atoms with Gasteiger partial charge in [-0.1, -0.05) is 0 Å². The Balaban J connectivity index is 2.31. The standard InChI is InChI=1S/C14H12N4O2/c1-8-11-10(14(19)20)7-18(2)13(11)17-12(16-8)9-3-5-15-6-4-9/h3-7H,1-2H3,(H,19,20). The van der Waals surface area contributed by atoms with Crippen LogP contribution in [0.2, 0.25) is 0 Å². The second-order valence-corrected chi connectivity index (χ2v) is 4.53. The second kappa shape index (κ2) is 4.41. The lowest BCUT2D eigenvalue weighted by molar-refractivity contribution is 0.0698. The van der Waals surface area contributed by atoms with E-state index in [9.17, 15) is 9.90 Å². The van der Waals surface area contributed by atoms with E-state index in [4.69, 9.17) is 0 Å². The zero-order valence-electron chi connectivity index (χ0n) is 11.0. The molecule has 3 rings (SSSR count). The second-order valence-electron chi connectivity index (χ2n) is 4.53. The lowest BCUT2D eigenvalue weighted by atomic mass is 10.2. The van der Waals surface area contributed by atoms with Crippen LogP contribution in [0.15, 0.2) is 30.7 Å². The van der Waals surface area contributed by atoms with Gasteiger partial charge in [-0.05, 0) is 19.1 Å². The van der Waals surface area contributed by atoms with Crippen LogP contribution in [0, 0.1) is 6.92 Å². The quantitative estimate of drug-likeness (QED) is 0.769. The molecule has 0 aromatic carbocycles. The van der Waals surface area contributed by atoms with Crippen molar-refractivity contribution in [2.75, 3.05) is 0 Å². The van der Waals surface area contributed by atoms with E-state index in [2.05, 4.69) is 15.0 Å². The van der Waals surface area contributed by atoms with Gasteiger partial charge in [0, 0.05) is 31.2 Å². The van der Waals surface area contributed by atoms with E-state index in [-0.39, 0.29) is 5.56 Å². The Morgan fingerprint density at radius 3 is 2.60 bits per heavy atom. The predicted octanol–water partition coefficient (Wildman–Crippen LogP) is 2.04. The summed E-state index contributed by atoms with van der Waals surface area (Å²) in [7, 11) is 1.78. The first-order valence-electron chi connectivity index (χ1n) is 6.05. The zero-order chi connectivity index (χ0) is 14.3. The summed E-state index contributed by atoms with van der Waals surface area (Å²) < 4.78 is 1.71. The van der Waals surface area contributed by atoms with Crippen molar-refractivity contribution in [2.24, 2.45) is 7.05 Å². The number of pyridine rings is 1. The monoisotopic (exact) mass is 268 g/mol. The molecule has 6 heteroatoms. The Bertz CT molecular complexity index is 809. The number of nitrogens with zero attached hydrogens (tertiary/aromatic N) is 4. The Morgan fingerprint density at radius 1 is 1.25 bits per heavy atom. The molecule has 0 aliphatic rings. The number of fused-ring (bicyclic) bond motifs is 1. The number of rotatable bonds is 2. The van der Waals surface area contributed by atoms with Gasteiger partial charge in [-0.3, -0.25) is 4.98 Å². The highest BCUT2D eigenvalue weighted by atomic mass is 16.4. The molecule has 0 saturated heterocycles. The van der Waals surface area contributed by atoms with Gasteiger partial charge in [0.2, 0.25) is 0 Å². The molecular weight excluding hydrogens is 256 g/mol. The molecule has 6 nitrogen and oxygen atoms in total. The van der Waals surface area contributed by atoms with Crippen molar-refractivity contribution in [1.29, 1.82) is 0 Å². The first-order chi connectivity index (χ1) is 9.58. The van der Waals surface area contributed by atoms with Crippen LogP contribution in [-0.2, 0) is 7.05 Å². The van der Waals surface area contributed by atoms with Gasteiger partial charge in [0.1, 0.15) is 5.65 Å². The average Bonchev–Trinajstić information content (AvgIpc) is 2.78. The Hall–Kier alpha value is -2.76. The van der Waals surface area contributed by atoms with E-state index in [0.29, 0.717) is 22.6 Å². The Labute approximate surface area is 114 Å². The fraction of sp³-hybridized carbons (Fsp3) is 0.143. The minimum Gasteiger partial charge on any atom is -0.478 e. The number of carboxylic acids is 1. The SMILES string of the molecule is Cc1nc(-c2ccncc2)nc2c1c(C(=O)O)cn2C. The van der Waals surface area contributed by atoms with Gasteiger partial charge in [0.25, 0.3) is 0 Å². The van der Waals surface area contributed by atoms with Gasteiger partial charge in [0.15, 0.2) is 5.82 Å². The minimum atomic E-state index is -0.973. The summed E-state index contributed by atoms with van der Waals surface area (Å²) in [5.41, 5.74) is 2.34. The van der Waals surface area contributed by atoms with Crippen molar-refractivity contribution in [3.8, 4) is 11.4 Å². The van der Waals surface area contributed by atoms with Crippen LogP contribution < -0.4 is 0 Å². The highest BCUT2D eigenvalue weighted by molar-refractivity contribution is 6.03. The lowest BCUT2D eigenvalue weighted by Gasteiger charge is -2.04. The molecule has 3 heterocycles. The maximum absolute atomic E-state index is 11.3. The molecule has 0 radical (unpaired) electrons. The fourth-order valence-corrected chi connectivity index (χ4v) is 2.24. The maximum Gasteiger partial charge on any atom is 0.338 e. The van der Waals surface area contributed by atoms with Gasteiger partial charge >= 0.3 is 5.97 Å². The number of hydrogen-bond acceptors (Lipinski definition) is 4. The van der Waals surface area contributed by atoms with E-state index in [1.165, 1.54) is 0 Å². The van der Waals surface area contributed by atoms with E-state index >= 15 is 0 Å². The third kappa shape index (κ3) is 1.82. The average molecular weight is 268 g/mol. The zero-order valence-corrected chi connectivity index (χ0v) is 11.0. The van der Waals surface area contributed by atoms with Crippen molar-refractivity contribution in [3.05, 3.63) is 42.0 Å². The van der Waals surface area contributed by atoms with Crippen LogP contribution in [-0.4, -0.2) is 30.6 Å². The van der Waals surface area contributed by atoms with E-state index in [1.54, 1.807) is 37.1 Å². The van der Waals surface area contributed by atoms with Gasteiger partial charge in [-0.25, -0.2) is 14.8 Å². The summed E-state index contributed by atoms with van der Waals surface area (Å²) in [4.78, 5) is 24.1. The molecule has 100 valence electrons. The molecule has 0 aliphatic heterocycles. The van der Waals surface area contributed by atoms with Gasteiger partial charge < -0.3 is 9.67 Å². The summed E-state index contributed by atoms with van der Waals surface area (Å²) in [6.45, 7) is 1.79. The van der Waals surface area contributed by atoms with E-state index in [0.717, 1.165) is 5.56 Å². The lowest BCUT2D eigenvalue weighted by Crippen LogP contribution is -1.99. The van der Waals surface area contributed by atoms with Crippen molar-refractivity contribution in [1.82, 2.24) is 19.5 Å². The smallest absolute Gasteiger partial charge is 0.338 e. The molecule has 20 heavy (non-hydrogen) atoms. The molecule has 3 aromatic heterocycles. The van der Waals surface area contributed by atoms with Crippen LogP contribution in [0.3, 0.4) is 0 Å². The molecule has 0 saturated carbocycles. The summed E-state index contributed by atoms with van der Waals surface area (Å²) in [5.74, 6) is -0.408. The highest BCUT2D eigenvalue weighted by Crippen LogP contribution is 2.25. The van der Waals surface area contributed by atoms with Crippen LogP contribution >= 0.6 is 0 Å². The van der Waals surface area contributed by atoms with Crippen molar-refractivity contribution in [3.63, 3.8) is 0 Å². The summed E-state index contributed by atoms with van der Waals surface area (Å²) in [5, 5.41) is 9.81. The van der Waals surface area contributed by atoms with Gasteiger partial charge in [0.05, 0.1) is 16.6 Å². The van der Waals surface area contributed by atoms with Crippen molar-refractivity contribution in [2.45, 2.75) is 6.92 Å². The van der Waals surface area contributed by atoms with Gasteiger partial charge in [-0.2, -0.15) is 0 Å². The molecule has 0 atom stereocenters. The van der Waals surface area contributed by atoms with Crippen LogP contribution in [0.5, 0.6) is 0 Å². The van der Waals surface area contributed by atoms with Gasteiger partial charge in [-0.15, -0.1) is 0 Å². The predicted molar refractivity (Wildman–Crippen MR) is 73.4 cm³/mol. The molecular formula is C14H12N4O2. The Morgan fingerprint density at radius 2 is 1.95 bits per heavy atom. The summed E-state index contributed by atoms with van der Waals surface area (Å²) in [6, 6.07) is 3.64. The third-order valence-corrected chi connectivity index (χ3v) is 3.17.